The molecule has 1 heterocycles. The van der Waals surface area contributed by atoms with E-state index in [-0.39, 0.29) is 0 Å². The quantitative estimate of drug-likeness (QED) is 0.541. The van der Waals surface area contributed by atoms with Crippen LogP contribution in [0, 0.1) is 0 Å². The monoisotopic (exact) mass is 214 g/mol. The lowest BCUT2D eigenvalue weighted by molar-refractivity contribution is -0.364. The van der Waals surface area contributed by atoms with Gasteiger partial charge in [0.2, 0.25) is 5.85 Å². The van der Waals surface area contributed by atoms with Gasteiger partial charge >= 0.3 is 6.36 Å². The number of nitrogens with one attached hydrogen (secondary N) is 2. The molecule has 0 aliphatic carbocycles. The second kappa shape index (κ2) is 3.57. The predicted molar refractivity (Wildman–Crippen MR) is 40.3 cm³/mol. The van der Waals surface area contributed by atoms with E-state index in [2.05, 4.69) is 10.1 Å². The summed E-state index contributed by atoms with van der Waals surface area (Å²) in [5.41, 5.74) is 0. The molecule has 74 valence electrons. The summed E-state index contributed by atoms with van der Waals surface area (Å²) in [5.74, 6) is -1.92. The lowest BCUT2D eigenvalue weighted by atomic mass is 10.3. The highest BCUT2D eigenvalue weighted by Gasteiger charge is 2.42. The van der Waals surface area contributed by atoms with Crippen molar-refractivity contribution in [2.24, 2.45) is 0 Å². The average Bonchev–Trinajstić information content (AvgIpc) is 2.03. The van der Waals surface area contributed by atoms with Crippen LogP contribution < -0.4 is 10.2 Å². The van der Waals surface area contributed by atoms with Crippen LogP contribution in [-0.2, 0) is 4.74 Å². The van der Waals surface area contributed by atoms with E-state index in [9.17, 15) is 13.2 Å². The summed E-state index contributed by atoms with van der Waals surface area (Å²) >= 11 is 5.12. The molecule has 0 radical (unpaired) electrons. The van der Waals surface area contributed by atoms with Crippen LogP contribution in [0.4, 0.5) is 13.2 Å². The Kier molecular flexibility index (Phi) is 2.84. The topological polar surface area (TPSA) is 33.3 Å². The number of alkyl halides is 3. The molecule has 0 aromatic heterocycles. The molecule has 1 rings (SSSR count). The van der Waals surface area contributed by atoms with Gasteiger partial charge in [-0.2, -0.15) is 4.84 Å². The Bertz CT molecular complexity index is 241. The van der Waals surface area contributed by atoms with Gasteiger partial charge < -0.3 is 5.32 Å². The van der Waals surface area contributed by atoms with Crippen LogP contribution in [0.25, 0.3) is 0 Å². The van der Waals surface area contributed by atoms with Gasteiger partial charge in [0.15, 0.2) is 0 Å². The summed E-state index contributed by atoms with van der Waals surface area (Å²) in [6.45, 7) is 0. The van der Waals surface area contributed by atoms with Crippen LogP contribution in [-0.4, -0.2) is 12.2 Å². The minimum atomic E-state index is -4.77. The molecule has 0 amide bonds. The van der Waals surface area contributed by atoms with Gasteiger partial charge in [-0.3, -0.25) is 0 Å². The highest BCUT2D eigenvalue weighted by molar-refractivity contribution is 6.13. The third kappa shape index (κ3) is 2.91. The van der Waals surface area contributed by atoms with Crippen molar-refractivity contribution in [1.29, 1.82) is 0 Å². The molecule has 3 nitrogen and oxygen atoms in total. The van der Waals surface area contributed by atoms with Gasteiger partial charge in [0.05, 0.1) is 0 Å². The Morgan fingerprint density at radius 3 is 2.46 bits per heavy atom. The van der Waals surface area contributed by atoms with E-state index in [1.807, 2.05) is 4.84 Å². The number of rotatable bonds is 2. The van der Waals surface area contributed by atoms with E-state index < -0.39 is 12.2 Å². The van der Waals surface area contributed by atoms with Gasteiger partial charge in [-0.05, 0) is 23.9 Å². The van der Waals surface area contributed by atoms with Crippen molar-refractivity contribution in [3.8, 4) is 0 Å². The second-order valence-corrected chi connectivity index (χ2v) is 2.43. The highest BCUT2D eigenvalue weighted by Crippen LogP contribution is 2.24. The van der Waals surface area contributed by atoms with E-state index >= 15 is 0 Å². The van der Waals surface area contributed by atoms with Crippen LogP contribution >= 0.6 is 11.8 Å². The molecular weight excluding hydrogens is 209 g/mol. The molecule has 0 aromatic carbocycles. The molecule has 0 saturated carbocycles. The van der Waals surface area contributed by atoms with Gasteiger partial charge in [0.25, 0.3) is 0 Å². The van der Waals surface area contributed by atoms with Crippen LogP contribution in [0.15, 0.2) is 24.4 Å². The van der Waals surface area contributed by atoms with Crippen LogP contribution in [0.3, 0.4) is 0 Å². The normalized spacial score (nSPS) is 27.4. The Morgan fingerprint density at radius 1 is 1.38 bits per heavy atom. The molecule has 0 fully saturated rings. The van der Waals surface area contributed by atoms with Crippen molar-refractivity contribution in [2.75, 3.05) is 0 Å². The number of allylic oxidation sites excluding steroid dienone is 2. The van der Waals surface area contributed by atoms with E-state index in [0.29, 0.717) is 0 Å². The van der Waals surface area contributed by atoms with Gasteiger partial charge in [-0.25, -0.2) is 4.74 Å². The average molecular weight is 215 g/mol. The first-order valence-electron chi connectivity index (χ1n) is 3.24. The van der Waals surface area contributed by atoms with Crippen LogP contribution in [0.2, 0.25) is 0 Å². The van der Waals surface area contributed by atoms with Crippen molar-refractivity contribution >= 4 is 11.8 Å². The molecule has 1 atom stereocenters. The van der Waals surface area contributed by atoms with Crippen molar-refractivity contribution in [1.82, 2.24) is 10.2 Å². The smallest absolute Gasteiger partial charge is 0.347 e. The zero-order chi connectivity index (χ0) is 9.95. The first-order valence-corrected chi connectivity index (χ1v) is 3.62. The van der Waals surface area contributed by atoms with Crippen molar-refractivity contribution < 1.29 is 17.9 Å². The van der Waals surface area contributed by atoms with Crippen LogP contribution in [0.5, 0.6) is 0 Å². The molecule has 13 heavy (non-hydrogen) atoms. The molecule has 7 heteroatoms. The SMILES string of the molecule is FC(F)(F)OC1(NCl)C=CC=CN1. The molecule has 0 saturated heterocycles. The molecule has 0 bridgehead atoms. The summed E-state index contributed by atoms with van der Waals surface area (Å²) < 4.78 is 39.3. The standard InChI is InChI=1S/C6H6ClF3N2O/c7-12-5(13-6(8,9)10)3-1-2-4-11-5/h1-4,11-12H. The predicted octanol–water partition coefficient (Wildman–Crippen LogP) is 1.59. The summed E-state index contributed by atoms with van der Waals surface area (Å²) in [7, 11) is 0. The number of dihydropyridines is 1. The molecule has 0 spiro atoms. The fraction of sp³-hybridized carbons (Fsp3) is 0.333. The van der Waals surface area contributed by atoms with E-state index in [0.717, 1.165) is 6.08 Å². The third-order valence-corrected chi connectivity index (χ3v) is 1.53. The second-order valence-electron chi connectivity index (χ2n) is 2.24. The number of hydrogen-bond acceptors (Lipinski definition) is 3. The molecule has 0 aromatic rings. The molecule has 2 N–H and O–H groups in total. The zero-order valence-electron chi connectivity index (χ0n) is 6.23. The number of hydrogen-bond donors (Lipinski definition) is 2. The first-order chi connectivity index (χ1) is 5.97. The van der Waals surface area contributed by atoms with E-state index in [1.54, 1.807) is 0 Å². The maximum Gasteiger partial charge on any atom is 0.525 e. The maximum absolute atomic E-state index is 11.9. The molecule has 1 aliphatic heterocycles. The molecule has 1 aliphatic rings. The van der Waals surface area contributed by atoms with Gasteiger partial charge in [-0.15, -0.1) is 13.2 Å². The third-order valence-electron chi connectivity index (χ3n) is 1.25. The van der Waals surface area contributed by atoms with Gasteiger partial charge in [0, 0.05) is 6.20 Å². The summed E-state index contributed by atoms with van der Waals surface area (Å²) in [6.07, 6.45) is 0.489. The number of ether oxygens (including phenoxy) is 1. The van der Waals surface area contributed by atoms with Crippen LogP contribution in [0.1, 0.15) is 0 Å². The van der Waals surface area contributed by atoms with E-state index in [4.69, 9.17) is 11.8 Å². The Morgan fingerprint density at radius 2 is 2.08 bits per heavy atom. The largest absolute Gasteiger partial charge is 0.525 e. The fourth-order valence-electron chi connectivity index (χ4n) is 0.791. The Balaban J connectivity index is 2.71. The highest BCUT2D eigenvalue weighted by atomic mass is 35.5. The van der Waals surface area contributed by atoms with Crippen molar-refractivity contribution in [2.45, 2.75) is 12.2 Å². The lowest BCUT2D eigenvalue weighted by Gasteiger charge is -2.31. The lowest BCUT2D eigenvalue weighted by Crippen LogP contribution is -2.55. The first kappa shape index (κ1) is 10.4. The summed E-state index contributed by atoms with van der Waals surface area (Å²) in [5, 5.41) is 2.29. The summed E-state index contributed by atoms with van der Waals surface area (Å²) in [6, 6.07) is 0. The summed E-state index contributed by atoms with van der Waals surface area (Å²) in [4.78, 5) is 1.85. The van der Waals surface area contributed by atoms with Crippen molar-refractivity contribution in [3.63, 3.8) is 0 Å². The minimum Gasteiger partial charge on any atom is -0.347 e. The molecular formula is C6H6ClF3N2O. The van der Waals surface area contributed by atoms with Gasteiger partial charge in [0.1, 0.15) is 0 Å². The fourth-order valence-corrected chi connectivity index (χ4v) is 0.947. The molecule has 1 unspecified atom stereocenters. The Labute approximate surface area is 77.3 Å². The van der Waals surface area contributed by atoms with Crippen molar-refractivity contribution in [3.05, 3.63) is 24.4 Å². The van der Waals surface area contributed by atoms with Gasteiger partial charge in [-0.1, -0.05) is 6.08 Å². The zero-order valence-corrected chi connectivity index (χ0v) is 6.99. The van der Waals surface area contributed by atoms with E-state index in [1.165, 1.54) is 18.4 Å². The Hall–Kier alpha value is -0.720. The maximum atomic E-state index is 11.9. The number of halogens is 4. The minimum absolute atomic E-state index is 1.10.